The van der Waals surface area contributed by atoms with Gasteiger partial charge in [0.1, 0.15) is 5.82 Å². The number of hydrogen-bond donors (Lipinski definition) is 1. The lowest BCUT2D eigenvalue weighted by Crippen LogP contribution is -2.19. The second kappa shape index (κ2) is 5.14. The average Bonchev–Trinajstić information content (AvgIpc) is 2.19. The first-order chi connectivity index (χ1) is 6.69. The molecule has 1 N–H and O–H groups in total. The molecule has 1 rings (SSSR count). The predicted octanol–water partition coefficient (Wildman–Crippen LogP) is 2.87. The van der Waals surface area contributed by atoms with Crippen molar-refractivity contribution in [2.45, 2.75) is 13.0 Å². The molecule has 0 spiro atoms. The van der Waals surface area contributed by atoms with Gasteiger partial charge in [0.25, 0.3) is 0 Å². The van der Waals surface area contributed by atoms with Crippen LogP contribution in [0.25, 0.3) is 0 Å². The van der Waals surface area contributed by atoms with Gasteiger partial charge in [-0.25, -0.2) is 4.39 Å². The number of rotatable bonds is 3. The molecule has 0 heterocycles. The number of nitrogens with one attached hydrogen (secondary N) is 1. The smallest absolute Gasteiger partial charge is 0.137 e. The summed E-state index contributed by atoms with van der Waals surface area (Å²) in [6, 6.07) is 4.69. The van der Waals surface area contributed by atoms with E-state index < -0.39 is 0 Å². The summed E-state index contributed by atoms with van der Waals surface area (Å²) >= 11 is 3.09. The van der Waals surface area contributed by atoms with E-state index >= 15 is 0 Å². The summed E-state index contributed by atoms with van der Waals surface area (Å²) in [7, 11) is 0. The van der Waals surface area contributed by atoms with Crippen molar-refractivity contribution in [3.63, 3.8) is 0 Å². The van der Waals surface area contributed by atoms with E-state index in [0.29, 0.717) is 4.47 Å². The highest BCUT2D eigenvalue weighted by Gasteiger charge is 2.08. The normalized spacial score (nSPS) is 12.1. The van der Waals surface area contributed by atoms with Crippen LogP contribution in [-0.2, 0) is 0 Å². The molecule has 0 radical (unpaired) electrons. The average molecular weight is 256 g/mol. The van der Waals surface area contributed by atoms with Crippen LogP contribution in [0.3, 0.4) is 0 Å². The van der Waals surface area contributed by atoms with E-state index in [4.69, 9.17) is 6.42 Å². The third-order valence-corrected chi connectivity index (χ3v) is 2.50. The molecular weight excluding hydrogens is 245 g/mol. The number of benzene rings is 1. The van der Waals surface area contributed by atoms with E-state index in [2.05, 4.69) is 27.2 Å². The summed E-state index contributed by atoms with van der Waals surface area (Å²) in [5.41, 5.74) is 0.773. The standard InChI is InChI=1S/C11H11BrFN/c1-3-11(14-4-2)8-5-6-9(12)10(13)7-8/h1,5-7,11,14H,4H2,2H3. The van der Waals surface area contributed by atoms with Crippen molar-refractivity contribution in [2.75, 3.05) is 6.54 Å². The van der Waals surface area contributed by atoms with Gasteiger partial charge in [-0.05, 0) is 40.2 Å². The van der Waals surface area contributed by atoms with Crippen LogP contribution in [0.15, 0.2) is 22.7 Å². The van der Waals surface area contributed by atoms with Gasteiger partial charge in [-0.3, -0.25) is 0 Å². The fraction of sp³-hybridized carbons (Fsp3) is 0.273. The van der Waals surface area contributed by atoms with Crippen molar-refractivity contribution < 1.29 is 4.39 Å². The maximum Gasteiger partial charge on any atom is 0.137 e. The van der Waals surface area contributed by atoms with Crippen molar-refractivity contribution in [1.29, 1.82) is 0 Å². The number of halogens is 2. The minimum absolute atomic E-state index is 0.220. The Morgan fingerprint density at radius 1 is 1.64 bits per heavy atom. The van der Waals surface area contributed by atoms with Crippen molar-refractivity contribution >= 4 is 15.9 Å². The second-order valence-corrected chi connectivity index (χ2v) is 3.69. The second-order valence-electron chi connectivity index (χ2n) is 2.83. The number of terminal acetylenes is 1. The molecule has 1 atom stereocenters. The van der Waals surface area contributed by atoms with E-state index in [1.807, 2.05) is 6.92 Å². The van der Waals surface area contributed by atoms with Gasteiger partial charge in [0.05, 0.1) is 10.5 Å². The van der Waals surface area contributed by atoms with Gasteiger partial charge in [0, 0.05) is 0 Å². The first kappa shape index (κ1) is 11.2. The van der Waals surface area contributed by atoms with Gasteiger partial charge < -0.3 is 5.32 Å². The fourth-order valence-electron chi connectivity index (χ4n) is 1.17. The van der Waals surface area contributed by atoms with E-state index in [0.717, 1.165) is 12.1 Å². The Morgan fingerprint density at radius 2 is 2.36 bits per heavy atom. The molecule has 1 aromatic rings. The predicted molar refractivity (Wildman–Crippen MR) is 59.4 cm³/mol. The third-order valence-electron chi connectivity index (χ3n) is 1.85. The molecule has 0 bridgehead atoms. The van der Waals surface area contributed by atoms with Gasteiger partial charge in [-0.1, -0.05) is 18.9 Å². The Labute approximate surface area is 91.8 Å². The zero-order valence-electron chi connectivity index (χ0n) is 7.85. The van der Waals surface area contributed by atoms with Crippen molar-refractivity contribution in [3.05, 3.63) is 34.1 Å². The van der Waals surface area contributed by atoms with Crippen LogP contribution in [-0.4, -0.2) is 6.54 Å². The molecule has 0 fully saturated rings. The summed E-state index contributed by atoms with van der Waals surface area (Å²) in [6.45, 7) is 2.71. The summed E-state index contributed by atoms with van der Waals surface area (Å²) < 4.78 is 13.6. The van der Waals surface area contributed by atoms with Crippen molar-refractivity contribution in [3.8, 4) is 12.3 Å². The molecule has 3 heteroatoms. The van der Waals surface area contributed by atoms with Crippen LogP contribution in [0, 0.1) is 18.2 Å². The highest BCUT2D eigenvalue weighted by Crippen LogP contribution is 2.20. The maximum absolute atomic E-state index is 13.2. The lowest BCUT2D eigenvalue weighted by molar-refractivity contribution is 0.608. The highest BCUT2D eigenvalue weighted by molar-refractivity contribution is 9.10. The Balaban J connectivity index is 2.95. The monoisotopic (exact) mass is 255 g/mol. The Morgan fingerprint density at radius 3 is 2.86 bits per heavy atom. The van der Waals surface area contributed by atoms with Gasteiger partial charge in [0.2, 0.25) is 0 Å². The number of hydrogen-bond acceptors (Lipinski definition) is 1. The summed E-state index contributed by atoms with van der Waals surface area (Å²) in [5, 5.41) is 3.08. The highest BCUT2D eigenvalue weighted by atomic mass is 79.9. The van der Waals surface area contributed by atoms with Crippen LogP contribution >= 0.6 is 15.9 Å². The van der Waals surface area contributed by atoms with Crippen LogP contribution < -0.4 is 5.32 Å². The third kappa shape index (κ3) is 2.57. The van der Waals surface area contributed by atoms with Gasteiger partial charge in [0.15, 0.2) is 0 Å². The zero-order chi connectivity index (χ0) is 10.6. The van der Waals surface area contributed by atoms with Crippen molar-refractivity contribution in [2.24, 2.45) is 0 Å². The molecule has 0 saturated heterocycles. The summed E-state index contributed by atoms with van der Waals surface area (Å²) in [6.07, 6.45) is 5.33. The summed E-state index contributed by atoms with van der Waals surface area (Å²) in [5.74, 6) is 2.28. The fourth-order valence-corrected chi connectivity index (χ4v) is 1.42. The maximum atomic E-state index is 13.2. The van der Waals surface area contributed by atoms with Crippen LogP contribution in [0.2, 0.25) is 0 Å². The molecule has 0 aliphatic rings. The molecule has 0 amide bonds. The minimum atomic E-state index is -0.291. The molecule has 1 nitrogen and oxygen atoms in total. The lowest BCUT2D eigenvalue weighted by atomic mass is 10.1. The molecule has 0 saturated carbocycles. The quantitative estimate of drug-likeness (QED) is 0.820. The SMILES string of the molecule is C#CC(NCC)c1ccc(Br)c(F)c1. The molecule has 0 aliphatic carbocycles. The van der Waals surface area contributed by atoms with Gasteiger partial charge >= 0.3 is 0 Å². The van der Waals surface area contributed by atoms with Crippen LogP contribution in [0.4, 0.5) is 4.39 Å². The Hall–Kier alpha value is -0.850. The zero-order valence-corrected chi connectivity index (χ0v) is 9.44. The molecule has 0 aromatic heterocycles. The van der Waals surface area contributed by atoms with E-state index in [-0.39, 0.29) is 11.9 Å². The van der Waals surface area contributed by atoms with E-state index in [9.17, 15) is 4.39 Å². The molecule has 74 valence electrons. The topological polar surface area (TPSA) is 12.0 Å². The Kier molecular flexibility index (Phi) is 4.12. The molecule has 14 heavy (non-hydrogen) atoms. The van der Waals surface area contributed by atoms with Crippen LogP contribution in [0.1, 0.15) is 18.5 Å². The molecule has 1 aromatic carbocycles. The Bertz CT molecular complexity index is 357. The van der Waals surface area contributed by atoms with E-state index in [1.54, 1.807) is 12.1 Å². The summed E-state index contributed by atoms with van der Waals surface area (Å²) in [4.78, 5) is 0. The van der Waals surface area contributed by atoms with Gasteiger partial charge in [-0.2, -0.15) is 0 Å². The van der Waals surface area contributed by atoms with Crippen LogP contribution in [0.5, 0.6) is 0 Å². The minimum Gasteiger partial charge on any atom is -0.300 e. The molecule has 1 unspecified atom stereocenters. The van der Waals surface area contributed by atoms with Gasteiger partial charge in [-0.15, -0.1) is 6.42 Å². The van der Waals surface area contributed by atoms with Crippen molar-refractivity contribution in [1.82, 2.24) is 5.32 Å². The first-order valence-corrected chi connectivity index (χ1v) is 5.12. The largest absolute Gasteiger partial charge is 0.300 e. The first-order valence-electron chi connectivity index (χ1n) is 4.33. The molecule has 0 aliphatic heterocycles. The lowest BCUT2D eigenvalue weighted by Gasteiger charge is -2.11. The molecular formula is C11H11BrFN. The van der Waals surface area contributed by atoms with E-state index in [1.165, 1.54) is 6.07 Å².